The Morgan fingerprint density at radius 1 is 0.951 bits per heavy atom. The molecule has 1 atom stereocenters. The number of methoxy groups -OCH3 is 1. The van der Waals surface area contributed by atoms with Gasteiger partial charge in [-0.25, -0.2) is 8.42 Å². The highest BCUT2D eigenvalue weighted by Crippen LogP contribution is 2.28. The van der Waals surface area contributed by atoms with Crippen LogP contribution >= 0.6 is 0 Å². The Balaban J connectivity index is 2.10. The quantitative estimate of drug-likeness (QED) is 0.336. The Hall–Kier alpha value is -3.85. The van der Waals surface area contributed by atoms with Crippen LogP contribution in [0.1, 0.15) is 50.8 Å². The van der Waals surface area contributed by atoms with Gasteiger partial charge < -0.3 is 15.0 Å². The molecule has 0 heterocycles. The molecular formula is C32H41N3O5S. The lowest BCUT2D eigenvalue weighted by molar-refractivity contribution is -0.141. The maximum absolute atomic E-state index is 14.2. The maximum atomic E-state index is 14.2. The smallest absolute Gasteiger partial charge is 0.264 e. The topological polar surface area (TPSA) is 96.0 Å². The molecule has 3 aromatic rings. The molecule has 0 fully saturated rings. The fraction of sp³-hybridized carbons (Fsp3) is 0.375. The second-order valence-corrected chi connectivity index (χ2v) is 13.0. The van der Waals surface area contributed by atoms with E-state index in [0.717, 1.165) is 15.4 Å². The summed E-state index contributed by atoms with van der Waals surface area (Å²) in [5.74, 6) is -0.186. The number of ether oxygens (including phenoxy) is 1. The summed E-state index contributed by atoms with van der Waals surface area (Å²) in [6, 6.07) is 19.9. The van der Waals surface area contributed by atoms with Gasteiger partial charge in [0.15, 0.2) is 0 Å². The first kappa shape index (κ1) is 31.7. The Kier molecular flexibility index (Phi) is 10.2. The summed E-state index contributed by atoms with van der Waals surface area (Å²) in [6.07, 6.45) is 0.340. The van der Waals surface area contributed by atoms with Gasteiger partial charge in [-0.1, -0.05) is 55.0 Å². The number of rotatable bonds is 11. The molecule has 41 heavy (non-hydrogen) atoms. The number of sulfonamides is 1. The summed E-state index contributed by atoms with van der Waals surface area (Å²) in [5, 5.41) is 2.98. The third-order valence-corrected chi connectivity index (χ3v) is 8.38. The number of carbonyl (C=O) groups is 2. The third-order valence-electron chi connectivity index (χ3n) is 6.60. The van der Waals surface area contributed by atoms with E-state index in [9.17, 15) is 18.0 Å². The second-order valence-electron chi connectivity index (χ2n) is 11.2. The van der Waals surface area contributed by atoms with Crippen molar-refractivity contribution in [1.29, 1.82) is 0 Å². The first-order valence-electron chi connectivity index (χ1n) is 13.7. The predicted molar refractivity (Wildman–Crippen MR) is 162 cm³/mol. The molecule has 0 aliphatic heterocycles. The van der Waals surface area contributed by atoms with Gasteiger partial charge in [-0.2, -0.15) is 0 Å². The number of carbonyl (C=O) groups excluding carboxylic acids is 2. The maximum Gasteiger partial charge on any atom is 0.264 e. The molecule has 8 nitrogen and oxygen atoms in total. The normalized spacial score (nSPS) is 12.4. The van der Waals surface area contributed by atoms with Gasteiger partial charge in [0.1, 0.15) is 18.3 Å². The molecule has 9 heteroatoms. The van der Waals surface area contributed by atoms with E-state index in [0.29, 0.717) is 23.4 Å². The molecule has 0 aliphatic carbocycles. The van der Waals surface area contributed by atoms with Crippen molar-refractivity contribution in [3.05, 3.63) is 89.5 Å². The van der Waals surface area contributed by atoms with Crippen molar-refractivity contribution in [2.75, 3.05) is 18.0 Å². The van der Waals surface area contributed by atoms with E-state index in [2.05, 4.69) is 5.32 Å². The van der Waals surface area contributed by atoms with Crippen molar-refractivity contribution in [2.45, 2.75) is 71.0 Å². The van der Waals surface area contributed by atoms with E-state index in [1.807, 2.05) is 65.8 Å². The van der Waals surface area contributed by atoms with Gasteiger partial charge in [0.25, 0.3) is 10.0 Å². The fourth-order valence-electron chi connectivity index (χ4n) is 4.66. The minimum atomic E-state index is -4.12. The summed E-state index contributed by atoms with van der Waals surface area (Å²) in [4.78, 5) is 29.2. The Labute approximate surface area is 244 Å². The van der Waals surface area contributed by atoms with Crippen LogP contribution in [0.15, 0.2) is 77.7 Å². The van der Waals surface area contributed by atoms with E-state index in [4.69, 9.17) is 4.74 Å². The highest BCUT2D eigenvalue weighted by Gasteiger charge is 2.35. The van der Waals surface area contributed by atoms with Crippen molar-refractivity contribution >= 4 is 27.5 Å². The van der Waals surface area contributed by atoms with Gasteiger partial charge in [0, 0.05) is 12.1 Å². The summed E-state index contributed by atoms with van der Waals surface area (Å²) in [5.41, 5.74) is 2.33. The summed E-state index contributed by atoms with van der Waals surface area (Å²) >= 11 is 0. The van der Waals surface area contributed by atoms with E-state index >= 15 is 0 Å². The first-order chi connectivity index (χ1) is 19.3. The number of hydrogen-bond donors (Lipinski definition) is 1. The average molecular weight is 580 g/mol. The Morgan fingerprint density at radius 2 is 1.63 bits per heavy atom. The molecule has 220 valence electrons. The van der Waals surface area contributed by atoms with Gasteiger partial charge in [0.05, 0.1) is 17.7 Å². The largest absolute Gasteiger partial charge is 0.497 e. The van der Waals surface area contributed by atoms with Crippen LogP contribution in [0, 0.1) is 13.8 Å². The number of amides is 2. The van der Waals surface area contributed by atoms with Crippen molar-refractivity contribution in [1.82, 2.24) is 10.2 Å². The van der Waals surface area contributed by atoms with E-state index in [1.54, 1.807) is 43.5 Å². The Bertz CT molecular complexity index is 1470. The molecule has 0 spiro atoms. The molecule has 0 saturated heterocycles. The molecular weight excluding hydrogens is 538 g/mol. The summed E-state index contributed by atoms with van der Waals surface area (Å²) < 4.78 is 34.5. The van der Waals surface area contributed by atoms with Crippen molar-refractivity contribution in [2.24, 2.45) is 0 Å². The van der Waals surface area contributed by atoms with Crippen LogP contribution in [0.5, 0.6) is 5.75 Å². The van der Waals surface area contributed by atoms with E-state index in [1.165, 1.54) is 17.0 Å². The number of nitrogens with one attached hydrogen (secondary N) is 1. The zero-order valence-electron chi connectivity index (χ0n) is 25.0. The zero-order valence-corrected chi connectivity index (χ0v) is 25.8. The minimum absolute atomic E-state index is 0.0737. The average Bonchev–Trinajstić information content (AvgIpc) is 2.91. The SMILES string of the molecule is CCC(C(=O)NC(C)(C)C)N(Cc1cccc(OC)c1)C(=O)CN(c1ccc(C)cc1C)S(=O)(=O)c1ccccc1. The van der Waals surface area contributed by atoms with Crippen LogP contribution in [0.3, 0.4) is 0 Å². The molecule has 0 bridgehead atoms. The van der Waals surface area contributed by atoms with Gasteiger partial charge >= 0.3 is 0 Å². The monoisotopic (exact) mass is 579 g/mol. The van der Waals surface area contributed by atoms with Crippen LogP contribution in [0.25, 0.3) is 0 Å². The van der Waals surface area contributed by atoms with Crippen LogP contribution in [0.2, 0.25) is 0 Å². The number of benzene rings is 3. The van der Waals surface area contributed by atoms with Crippen LogP contribution in [-0.2, 0) is 26.2 Å². The lowest BCUT2D eigenvalue weighted by atomic mass is 10.1. The van der Waals surface area contributed by atoms with Gasteiger partial charge in [0.2, 0.25) is 11.8 Å². The lowest BCUT2D eigenvalue weighted by Gasteiger charge is -2.35. The van der Waals surface area contributed by atoms with Gasteiger partial charge in [-0.3, -0.25) is 13.9 Å². The van der Waals surface area contributed by atoms with Crippen molar-refractivity contribution < 1.29 is 22.7 Å². The minimum Gasteiger partial charge on any atom is -0.497 e. The molecule has 0 saturated carbocycles. The highest BCUT2D eigenvalue weighted by molar-refractivity contribution is 7.92. The first-order valence-corrected chi connectivity index (χ1v) is 15.1. The molecule has 3 aromatic carbocycles. The van der Waals surface area contributed by atoms with Crippen molar-refractivity contribution in [3.63, 3.8) is 0 Å². The standard InChI is InChI=1S/C32H41N3O5S/c1-8-28(31(37)33-32(4,5)6)34(21-25-13-12-14-26(20-25)40-7)30(36)22-35(29-18-17-23(2)19-24(29)3)41(38,39)27-15-10-9-11-16-27/h9-20,28H,8,21-22H2,1-7H3,(H,33,37). The molecule has 3 rings (SSSR count). The predicted octanol–water partition coefficient (Wildman–Crippen LogP) is 5.23. The van der Waals surface area contributed by atoms with Gasteiger partial charge in [-0.05, 0) is 82.5 Å². The molecule has 0 radical (unpaired) electrons. The molecule has 0 aliphatic rings. The summed E-state index contributed by atoms with van der Waals surface area (Å²) in [6.45, 7) is 10.8. The van der Waals surface area contributed by atoms with Gasteiger partial charge in [-0.15, -0.1) is 0 Å². The van der Waals surface area contributed by atoms with E-state index in [-0.39, 0.29) is 17.3 Å². The fourth-order valence-corrected chi connectivity index (χ4v) is 6.16. The third kappa shape index (κ3) is 8.10. The second kappa shape index (κ2) is 13.2. The van der Waals surface area contributed by atoms with Crippen molar-refractivity contribution in [3.8, 4) is 5.75 Å². The zero-order chi connectivity index (χ0) is 30.4. The molecule has 0 aromatic heterocycles. The highest BCUT2D eigenvalue weighted by atomic mass is 32.2. The van der Waals surface area contributed by atoms with Crippen LogP contribution in [-0.4, -0.2) is 50.4 Å². The molecule has 1 unspecified atom stereocenters. The number of nitrogens with zero attached hydrogens (tertiary/aromatic N) is 2. The number of hydrogen-bond acceptors (Lipinski definition) is 5. The van der Waals surface area contributed by atoms with Crippen LogP contribution < -0.4 is 14.4 Å². The number of anilines is 1. The Morgan fingerprint density at radius 3 is 2.22 bits per heavy atom. The van der Waals surface area contributed by atoms with Crippen LogP contribution in [0.4, 0.5) is 5.69 Å². The number of aryl methyl sites for hydroxylation is 2. The molecule has 1 N–H and O–H groups in total. The lowest BCUT2D eigenvalue weighted by Crippen LogP contribution is -2.55. The van der Waals surface area contributed by atoms with E-state index < -0.39 is 34.1 Å². The molecule has 2 amide bonds. The summed E-state index contributed by atoms with van der Waals surface area (Å²) in [7, 11) is -2.56.